The Balaban J connectivity index is 1.97. The number of nitrogens with zero attached hydrogens (tertiary/aromatic N) is 1. The Bertz CT molecular complexity index is 426. The van der Waals surface area contributed by atoms with Crippen LogP contribution in [0.15, 0.2) is 12.4 Å². The van der Waals surface area contributed by atoms with Gasteiger partial charge in [0.25, 0.3) is 5.91 Å². The molecule has 3 amide bonds. The standard InChI is InChI=1S/C9H10N4O3/c14-6-2-1-5(8(15)13-6)12-9(16)7-10-3-4-11-7/h3-5H,1-2H2,(H,10,11)(H,12,16)(H,13,14,15). The largest absolute Gasteiger partial charge is 0.341 e. The summed E-state index contributed by atoms with van der Waals surface area (Å²) in [6.07, 6.45) is 3.50. The maximum Gasteiger partial charge on any atom is 0.287 e. The van der Waals surface area contributed by atoms with Crippen molar-refractivity contribution in [3.63, 3.8) is 0 Å². The average Bonchev–Trinajstić information content (AvgIpc) is 2.75. The number of amides is 3. The molecule has 2 rings (SSSR count). The van der Waals surface area contributed by atoms with E-state index in [0.29, 0.717) is 6.42 Å². The van der Waals surface area contributed by atoms with Crippen molar-refractivity contribution >= 4 is 17.7 Å². The summed E-state index contributed by atoms with van der Waals surface area (Å²) in [6, 6.07) is -0.671. The topological polar surface area (TPSA) is 104 Å². The number of piperidine rings is 1. The number of carbonyl (C=O) groups excluding carboxylic acids is 3. The van der Waals surface area contributed by atoms with Crippen LogP contribution in [-0.4, -0.2) is 33.7 Å². The van der Waals surface area contributed by atoms with Gasteiger partial charge in [-0.15, -0.1) is 0 Å². The highest BCUT2D eigenvalue weighted by molar-refractivity contribution is 6.03. The van der Waals surface area contributed by atoms with Crippen molar-refractivity contribution in [2.24, 2.45) is 0 Å². The zero-order chi connectivity index (χ0) is 11.5. The molecule has 0 spiro atoms. The minimum absolute atomic E-state index is 0.143. The van der Waals surface area contributed by atoms with Crippen molar-refractivity contribution in [2.45, 2.75) is 18.9 Å². The number of hydrogen-bond acceptors (Lipinski definition) is 4. The number of aromatic amines is 1. The lowest BCUT2D eigenvalue weighted by atomic mass is 10.1. The number of imide groups is 1. The van der Waals surface area contributed by atoms with E-state index in [0.717, 1.165) is 0 Å². The van der Waals surface area contributed by atoms with Gasteiger partial charge in [0.1, 0.15) is 6.04 Å². The molecule has 1 atom stereocenters. The highest BCUT2D eigenvalue weighted by atomic mass is 16.2. The Morgan fingerprint density at radius 1 is 1.50 bits per heavy atom. The van der Waals surface area contributed by atoms with E-state index in [9.17, 15) is 14.4 Å². The van der Waals surface area contributed by atoms with E-state index in [1.54, 1.807) is 0 Å². The molecule has 1 aromatic rings. The monoisotopic (exact) mass is 222 g/mol. The molecule has 0 saturated carbocycles. The first-order chi connectivity index (χ1) is 7.66. The van der Waals surface area contributed by atoms with Gasteiger partial charge in [-0.3, -0.25) is 19.7 Å². The first-order valence-electron chi connectivity index (χ1n) is 4.81. The highest BCUT2D eigenvalue weighted by Crippen LogP contribution is 2.04. The molecule has 1 fully saturated rings. The minimum Gasteiger partial charge on any atom is -0.341 e. The van der Waals surface area contributed by atoms with Crippen LogP contribution in [0.1, 0.15) is 23.5 Å². The van der Waals surface area contributed by atoms with Gasteiger partial charge >= 0.3 is 0 Å². The van der Waals surface area contributed by atoms with Gasteiger partial charge in [0, 0.05) is 18.8 Å². The Morgan fingerprint density at radius 3 is 2.94 bits per heavy atom. The van der Waals surface area contributed by atoms with Gasteiger partial charge in [0.15, 0.2) is 5.82 Å². The lowest BCUT2D eigenvalue weighted by Gasteiger charge is -2.21. The van der Waals surface area contributed by atoms with Gasteiger partial charge in [-0.05, 0) is 6.42 Å². The molecule has 7 heteroatoms. The molecule has 3 N–H and O–H groups in total. The fraction of sp³-hybridized carbons (Fsp3) is 0.333. The smallest absolute Gasteiger partial charge is 0.287 e. The predicted octanol–water partition coefficient (Wildman–Crippen LogP) is -1.06. The quantitative estimate of drug-likeness (QED) is 0.555. The normalized spacial score (nSPS) is 20.4. The van der Waals surface area contributed by atoms with E-state index in [4.69, 9.17) is 0 Å². The number of H-pyrrole nitrogens is 1. The van der Waals surface area contributed by atoms with Gasteiger partial charge in [0.2, 0.25) is 11.8 Å². The molecular formula is C9H10N4O3. The maximum absolute atomic E-state index is 11.5. The van der Waals surface area contributed by atoms with E-state index in [2.05, 4.69) is 20.6 Å². The van der Waals surface area contributed by atoms with Gasteiger partial charge < -0.3 is 10.3 Å². The summed E-state index contributed by atoms with van der Waals surface area (Å²) >= 11 is 0. The summed E-state index contributed by atoms with van der Waals surface area (Å²) in [7, 11) is 0. The van der Waals surface area contributed by atoms with Gasteiger partial charge in [-0.25, -0.2) is 4.98 Å². The molecule has 1 saturated heterocycles. The van der Waals surface area contributed by atoms with E-state index in [1.165, 1.54) is 12.4 Å². The zero-order valence-electron chi connectivity index (χ0n) is 8.32. The average molecular weight is 222 g/mol. The van der Waals surface area contributed by atoms with Crippen molar-refractivity contribution in [1.82, 2.24) is 20.6 Å². The molecule has 7 nitrogen and oxygen atoms in total. The highest BCUT2D eigenvalue weighted by Gasteiger charge is 2.28. The number of rotatable bonds is 2. The molecule has 0 aromatic carbocycles. The Labute approximate surface area is 90.6 Å². The summed E-state index contributed by atoms with van der Waals surface area (Å²) in [6.45, 7) is 0. The molecule has 1 unspecified atom stereocenters. The van der Waals surface area contributed by atoms with Gasteiger partial charge in [-0.2, -0.15) is 0 Å². The van der Waals surface area contributed by atoms with Gasteiger partial charge in [0.05, 0.1) is 0 Å². The Morgan fingerprint density at radius 2 is 2.31 bits per heavy atom. The summed E-state index contributed by atoms with van der Waals surface area (Å²) in [5, 5.41) is 4.65. The predicted molar refractivity (Wildman–Crippen MR) is 52.2 cm³/mol. The molecule has 0 aliphatic carbocycles. The van der Waals surface area contributed by atoms with Crippen LogP contribution in [0.25, 0.3) is 0 Å². The maximum atomic E-state index is 11.5. The molecule has 0 radical (unpaired) electrons. The molecule has 16 heavy (non-hydrogen) atoms. The van der Waals surface area contributed by atoms with E-state index in [1.807, 2.05) is 0 Å². The number of carbonyl (C=O) groups is 3. The molecule has 0 bridgehead atoms. The molecular weight excluding hydrogens is 212 g/mol. The number of hydrogen-bond donors (Lipinski definition) is 3. The summed E-state index contributed by atoms with van der Waals surface area (Å²) in [4.78, 5) is 40.1. The second kappa shape index (κ2) is 4.13. The van der Waals surface area contributed by atoms with Crippen molar-refractivity contribution in [1.29, 1.82) is 0 Å². The lowest BCUT2D eigenvalue weighted by molar-refractivity contribution is -0.134. The van der Waals surface area contributed by atoms with E-state index >= 15 is 0 Å². The second-order valence-electron chi connectivity index (χ2n) is 3.41. The van der Waals surface area contributed by atoms with Gasteiger partial charge in [-0.1, -0.05) is 0 Å². The molecule has 84 valence electrons. The van der Waals surface area contributed by atoms with Crippen LogP contribution in [0, 0.1) is 0 Å². The summed E-state index contributed by atoms with van der Waals surface area (Å²) in [5.41, 5.74) is 0. The van der Waals surface area contributed by atoms with Crippen LogP contribution in [0.2, 0.25) is 0 Å². The van der Waals surface area contributed by atoms with E-state index in [-0.39, 0.29) is 18.2 Å². The van der Waals surface area contributed by atoms with Crippen LogP contribution >= 0.6 is 0 Å². The second-order valence-corrected chi connectivity index (χ2v) is 3.41. The third kappa shape index (κ3) is 2.08. The van der Waals surface area contributed by atoms with Crippen LogP contribution < -0.4 is 10.6 Å². The Kier molecular flexibility index (Phi) is 2.67. The van der Waals surface area contributed by atoms with Crippen LogP contribution in [0.4, 0.5) is 0 Å². The molecule has 1 aromatic heterocycles. The first kappa shape index (κ1) is 10.3. The van der Waals surface area contributed by atoms with Crippen LogP contribution in [0.5, 0.6) is 0 Å². The van der Waals surface area contributed by atoms with Crippen LogP contribution in [0.3, 0.4) is 0 Å². The number of imidazole rings is 1. The minimum atomic E-state index is -0.671. The zero-order valence-corrected chi connectivity index (χ0v) is 8.32. The first-order valence-corrected chi connectivity index (χ1v) is 4.81. The van der Waals surface area contributed by atoms with Crippen molar-refractivity contribution in [2.75, 3.05) is 0 Å². The fourth-order valence-corrected chi connectivity index (χ4v) is 1.45. The molecule has 1 aliphatic rings. The van der Waals surface area contributed by atoms with Crippen molar-refractivity contribution in [3.8, 4) is 0 Å². The number of aromatic nitrogens is 2. The van der Waals surface area contributed by atoms with E-state index < -0.39 is 17.9 Å². The SMILES string of the molecule is O=C1CCC(NC(=O)c2ncc[nH]2)C(=O)N1. The third-order valence-electron chi connectivity index (χ3n) is 2.26. The Hall–Kier alpha value is -2.18. The summed E-state index contributed by atoms with van der Waals surface area (Å²) < 4.78 is 0. The number of nitrogens with one attached hydrogen (secondary N) is 3. The van der Waals surface area contributed by atoms with Crippen molar-refractivity contribution in [3.05, 3.63) is 18.2 Å². The fourth-order valence-electron chi connectivity index (χ4n) is 1.45. The third-order valence-corrected chi connectivity index (χ3v) is 2.26. The molecule has 2 heterocycles. The summed E-state index contributed by atoms with van der Waals surface area (Å²) in [5.74, 6) is -1.10. The molecule has 1 aliphatic heterocycles. The van der Waals surface area contributed by atoms with Crippen molar-refractivity contribution < 1.29 is 14.4 Å². The lowest BCUT2D eigenvalue weighted by Crippen LogP contribution is -2.52. The van der Waals surface area contributed by atoms with Crippen LogP contribution in [-0.2, 0) is 9.59 Å².